The number of esters is 1. The smallest absolute Gasteiger partial charge is 0.321 e. The van der Waals surface area contributed by atoms with Crippen molar-refractivity contribution in [2.75, 3.05) is 19.7 Å². The number of amides is 3. The van der Waals surface area contributed by atoms with Gasteiger partial charge in [-0.15, -0.1) is 0 Å². The first kappa shape index (κ1) is 23.1. The van der Waals surface area contributed by atoms with E-state index < -0.39 is 46.3 Å². The van der Waals surface area contributed by atoms with Gasteiger partial charge in [0.2, 0.25) is 10.0 Å². The number of benzene rings is 1. The number of rotatable bonds is 6. The highest BCUT2D eigenvalue weighted by Crippen LogP contribution is 2.24. The van der Waals surface area contributed by atoms with Gasteiger partial charge in [0, 0.05) is 19.1 Å². The number of carbonyl (C=O) groups is 3. The van der Waals surface area contributed by atoms with Gasteiger partial charge in [-0.1, -0.05) is 12.8 Å². The molecule has 9 nitrogen and oxygen atoms in total. The van der Waals surface area contributed by atoms with Crippen LogP contribution in [0.1, 0.15) is 38.5 Å². The lowest BCUT2D eigenvalue weighted by Gasteiger charge is -2.30. The molecule has 170 valence electrons. The zero-order valence-corrected chi connectivity index (χ0v) is 17.8. The standard InChI is InChI=1S/C20H26FN3O6S/c21-15-5-7-17(8-6-15)31(28,29)24-11-9-14(10-12-24)19(26)30-13-18(25)23-20(27)22-16-3-1-2-4-16/h5-8,14,16H,1-4,9-13H2,(H2,22,23,25,27). The van der Waals surface area contributed by atoms with Crippen molar-refractivity contribution in [1.82, 2.24) is 14.9 Å². The van der Waals surface area contributed by atoms with Crippen LogP contribution in [0.4, 0.5) is 9.18 Å². The summed E-state index contributed by atoms with van der Waals surface area (Å²) in [5, 5.41) is 4.84. The number of urea groups is 1. The van der Waals surface area contributed by atoms with Gasteiger partial charge in [0.25, 0.3) is 5.91 Å². The van der Waals surface area contributed by atoms with E-state index in [0.717, 1.165) is 37.8 Å². The number of halogens is 1. The molecule has 1 aromatic carbocycles. The maximum absolute atomic E-state index is 13.0. The number of nitrogens with one attached hydrogen (secondary N) is 2. The molecular weight excluding hydrogens is 429 g/mol. The van der Waals surface area contributed by atoms with Gasteiger partial charge in [0.1, 0.15) is 5.82 Å². The van der Waals surface area contributed by atoms with Crippen LogP contribution in [0, 0.1) is 11.7 Å². The third-order valence-corrected chi connectivity index (χ3v) is 7.44. The highest BCUT2D eigenvalue weighted by Gasteiger charge is 2.33. The Kier molecular flexibility index (Phi) is 7.60. The second-order valence-corrected chi connectivity index (χ2v) is 9.68. The van der Waals surface area contributed by atoms with E-state index >= 15 is 0 Å². The monoisotopic (exact) mass is 455 g/mol. The van der Waals surface area contributed by atoms with Crippen molar-refractivity contribution in [2.45, 2.75) is 49.5 Å². The first-order valence-electron chi connectivity index (χ1n) is 10.3. The Balaban J connectivity index is 1.41. The van der Waals surface area contributed by atoms with Crippen molar-refractivity contribution in [3.63, 3.8) is 0 Å². The number of hydrogen-bond acceptors (Lipinski definition) is 6. The van der Waals surface area contributed by atoms with Crippen molar-refractivity contribution in [1.29, 1.82) is 0 Å². The Morgan fingerprint density at radius 3 is 2.26 bits per heavy atom. The summed E-state index contributed by atoms with van der Waals surface area (Å²) < 4.78 is 44.5. The van der Waals surface area contributed by atoms with Crippen LogP contribution in [-0.2, 0) is 24.3 Å². The van der Waals surface area contributed by atoms with Crippen LogP contribution in [0.3, 0.4) is 0 Å². The first-order chi connectivity index (χ1) is 14.8. The van der Waals surface area contributed by atoms with Gasteiger partial charge >= 0.3 is 12.0 Å². The van der Waals surface area contributed by atoms with Gasteiger partial charge in [-0.25, -0.2) is 17.6 Å². The van der Waals surface area contributed by atoms with E-state index in [2.05, 4.69) is 10.6 Å². The minimum absolute atomic E-state index is 0.0116. The quantitative estimate of drug-likeness (QED) is 0.628. The van der Waals surface area contributed by atoms with Crippen LogP contribution in [0.2, 0.25) is 0 Å². The van der Waals surface area contributed by atoms with Gasteiger partial charge in [0.05, 0.1) is 10.8 Å². The predicted octanol–water partition coefficient (Wildman–Crippen LogP) is 1.54. The molecule has 1 aromatic rings. The molecule has 0 aromatic heterocycles. The van der Waals surface area contributed by atoms with Crippen LogP contribution in [-0.4, -0.2) is 56.4 Å². The summed E-state index contributed by atoms with van der Waals surface area (Å²) in [7, 11) is -3.77. The summed E-state index contributed by atoms with van der Waals surface area (Å²) in [4.78, 5) is 35.8. The molecule has 1 aliphatic heterocycles. The topological polar surface area (TPSA) is 122 Å². The molecule has 1 saturated carbocycles. The molecule has 0 spiro atoms. The Labute approximate surface area is 180 Å². The molecule has 2 N–H and O–H groups in total. The SMILES string of the molecule is O=C(COC(=O)C1CCN(S(=O)(=O)c2ccc(F)cc2)CC1)NC(=O)NC1CCCC1. The first-order valence-corrected chi connectivity index (χ1v) is 11.7. The minimum Gasteiger partial charge on any atom is -0.455 e. The molecule has 3 rings (SSSR count). The zero-order chi connectivity index (χ0) is 22.4. The maximum Gasteiger partial charge on any atom is 0.321 e. The molecule has 11 heteroatoms. The number of hydrogen-bond donors (Lipinski definition) is 2. The van der Waals surface area contributed by atoms with Crippen molar-refractivity contribution in [3.8, 4) is 0 Å². The van der Waals surface area contributed by atoms with E-state index in [0.29, 0.717) is 0 Å². The van der Waals surface area contributed by atoms with Crippen LogP contribution < -0.4 is 10.6 Å². The zero-order valence-electron chi connectivity index (χ0n) is 17.0. The third-order valence-electron chi connectivity index (χ3n) is 5.53. The van der Waals surface area contributed by atoms with Crippen molar-refractivity contribution in [2.24, 2.45) is 5.92 Å². The van der Waals surface area contributed by atoms with Crippen LogP contribution in [0.15, 0.2) is 29.2 Å². The molecule has 31 heavy (non-hydrogen) atoms. The summed E-state index contributed by atoms with van der Waals surface area (Å²) in [5.41, 5.74) is 0. The van der Waals surface area contributed by atoms with E-state index in [1.807, 2.05) is 0 Å². The highest BCUT2D eigenvalue weighted by molar-refractivity contribution is 7.89. The highest BCUT2D eigenvalue weighted by atomic mass is 32.2. The largest absolute Gasteiger partial charge is 0.455 e. The van der Waals surface area contributed by atoms with Crippen molar-refractivity contribution < 1.29 is 31.9 Å². The second-order valence-electron chi connectivity index (χ2n) is 7.74. The Hall–Kier alpha value is -2.53. The number of sulfonamides is 1. The molecule has 0 unspecified atom stereocenters. The van der Waals surface area contributed by atoms with Crippen LogP contribution in [0.5, 0.6) is 0 Å². The van der Waals surface area contributed by atoms with E-state index in [1.165, 1.54) is 16.4 Å². The van der Waals surface area contributed by atoms with Gasteiger partial charge in [-0.3, -0.25) is 14.9 Å². The van der Waals surface area contributed by atoms with E-state index in [4.69, 9.17) is 4.74 Å². The number of carbonyl (C=O) groups excluding carboxylic acids is 3. The maximum atomic E-state index is 13.0. The number of nitrogens with zero attached hydrogens (tertiary/aromatic N) is 1. The second kappa shape index (κ2) is 10.2. The molecule has 0 bridgehead atoms. The lowest BCUT2D eigenvalue weighted by atomic mass is 9.98. The summed E-state index contributed by atoms with van der Waals surface area (Å²) in [6.07, 6.45) is 4.32. The lowest BCUT2D eigenvalue weighted by Crippen LogP contribution is -2.45. The van der Waals surface area contributed by atoms with Gasteiger partial charge in [0.15, 0.2) is 6.61 Å². The normalized spacial score (nSPS) is 18.5. The molecule has 1 saturated heterocycles. The Morgan fingerprint density at radius 1 is 1.03 bits per heavy atom. The summed E-state index contributed by atoms with van der Waals surface area (Å²) >= 11 is 0. The van der Waals surface area contributed by atoms with Crippen molar-refractivity contribution >= 4 is 27.9 Å². The molecule has 2 aliphatic rings. The average Bonchev–Trinajstić information content (AvgIpc) is 3.25. The summed E-state index contributed by atoms with van der Waals surface area (Å²) in [6, 6.07) is 4.02. The minimum atomic E-state index is -3.77. The van der Waals surface area contributed by atoms with Gasteiger partial charge in [-0.05, 0) is 49.9 Å². The van der Waals surface area contributed by atoms with Crippen LogP contribution >= 0.6 is 0 Å². The lowest BCUT2D eigenvalue weighted by molar-refractivity contribution is -0.153. The molecule has 0 atom stereocenters. The van der Waals surface area contributed by atoms with Gasteiger partial charge in [-0.2, -0.15) is 4.31 Å². The van der Waals surface area contributed by atoms with E-state index in [-0.39, 0.29) is 36.9 Å². The molecular formula is C20H26FN3O6S. The fourth-order valence-electron chi connectivity index (χ4n) is 3.80. The fourth-order valence-corrected chi connectivity index (χ4v) is 5.27. The molecule has 2 fully saturated rings. The Bertz CT molecular complexity index is 907. The molecule has 0 radical (unpaired) electrons. The third kappa shape index (κ3) is 6.23. The summed E-state index contributed by atoms with van der Waals surface area (Å²) in [5.74, 6) is -2.40. The van der Waals surface area contributed by atoms with E-state index in [1.54, 1.807) is 0 Å². The molecule has 1 aliphatic carbocycles. The summed E-state index contributed by atoms with van der Waals surface area (Å²) in [6.45, 7) is -0.365. The van der Waals surface area contributed by atoms with Crippen LogP contribution in [0.25, 0.3) is 0 Å². The average molecular weight is 456 g/mol. The van der Waals surface area contributed by atoms with Gasteiger partial charge < -0.3 is 10.1 Å². The fraction of sp³-hybridized carbons (Fsp3) is 0.550. The Morgan fingerprint density at radius 2 is 1.65 bits per heavy atom. The number of imide groups is 1. The molecule has 1 heterocycles. The van der Waals surface area contributed by atoms with Crippen molar-refractivity contribution in [3.05, 3.63) is 30.1 Å². The number of piperidine rings is 1. The molecule has 3 amide bonds. The number of ether oxygens (including phenoxy) is 1. The van der Waals surface area contributed by atoms with E-state index in [9.17, 15) is 27.2 Å². The predicted molar refractivity (Wildman–Crippen MR) is 108 cm³/mol.